The van der Waals surface area contributed by atoms with Crippen molar-refractivity contribution in [2.45, 2.75) is 20.1 Å². The second-order valence-corrected chi connectivity index (χ2v) is 7.03. The summed E-state index contributed by atoms with van der Waals surface area (Å²) >= 11 is 0.834. The monoisotopic (exact) mass is 409 g/mol. The summed E-state index contributed by atoms with van der Waals surface area (Å²) in [5.74, 6) is 1.03. The lowest BCUT2D eigenvalue weighted by Gasteiger charge is -2.12. The number of ether oxygens (including phenoxy) is 1. The third kappa shape index (κ3) is 4.91. The first-order chi connectivity index (χ1) is 14.0. The van der Waals surface area contributed by atoms with E-state index in [2.05, 4.69) is 16.9 Å². The lowest BCUT2D eigenvalue weighted by molar-refractivity contribution is -0.115. The summed E-state index contributed by atoms with van der Waals surface area (Å²) in [5, 5.41) is 2.36. The third-order valence-electron chi connectivity index (χ3n) is 4.05. The van der Waals surface area contributed by atoms with Gasteiger partial charge in [-0.25, -0.2) is 4.98 Å². The predicted octanol–water partition coefficient (Wildman–Crippen LogP) is 3.48. The maximum atomic E-state index is 12.5. The molecule has 1 saturated heterocycles. The van der Waals surface area contributed by atoms with Gasteiger partial charge in [0, 0.05) is 6.54 Å². The zero-order valence-corrected chi connectivity index (χ0v) is 16.6. The molecule has 2 heterocycles. The van der Waals surface area contributed by atoms with E-state index in [-0.39, 0.29) is 28.2 Å². The molecule has 4 rings (SSSR count). The van der Waals surface area contributed by atoms with E-state index in [1.165, 1.54) is 0 Å². The molecular formula is C21H19N3O4S. The summed E-state index contributed by atoms with van der Waals surface area (Å²) in [6.07, 6.45) is 0. The number of carbonyl (C=O) groups excluding carboxylic acids is 2. The number of nitrogens with zero attached hydrogens (tertiary/aromatic N) is 2. The molecule has 0 unspecified atom stereocenters. The average molecular weight is 409 g/mol. The highest BCUT2D eigenvalue weighted by Gasteiger charge is 2.22. The van der Waals surface area contributed by atoms with Crippen LogP contribution in [-0.2, 0) is 17.9 Å². The summed E-state index contributed by atoms with van der Waals surface area (Å²) in [6.45, 7) is 6.10. The maximum Gasteiger partial charge on any atom is 0.290 e. The van der Waals surface area contributed by atoms with E-state index in [1.807, 2.05) is 55.5 Å². The molecule has 29 heavy (non-hydrogen) atoms. The van der Waals surface area contributed by atoms with Gasteiger partial charge in [0.25, 0.3) is 16.7 Å². The molecule has 8 heteroatoms. The Hall–Kier alpha value is -3.39. The Morgan fingerprint density at radius 1 is 1.07 bits per heavy atom. The Morgan fingerprint density at radius 2 is 1.76 bits per heavy atom. The molecule has 0 bridgehead atoms. The second kappa shape index (κ2) is 9.20. The van der Waals surface area contributed by atoms with E-state index in [9.17, 15) is 14.4 Å². The quantitative estimate of drug-likeness (QED) is 0.664. The zero-order valence-electron chi connectivity index (χ0n) is 15.8. The van der Waals surface area contributed by atoms with Crippen molar-refractivity contribution in [3.63, 3.8) is 0 Å². The van der Waals surface area contributed by atoms with Gasteiger partial charge in [0.2, 0.25) is 0 Å². The minimum Gasteiger partial charge on any atom is -0.486 e. The molecule has 1 aliphatic rings. The van der Waals surface area contributed by atoms with Gasteiger partial charge in [0.15, 0.2) is 0 Å². The van der Waals surface area contributed by atoms with Gasteiger partial charge in [-0.1, -0.05) is 36.9 Å². The Balaban J connectivity index is 0.000000252. The van der Waals surface area contributed by atoms with Crippen LogP contribution in [0.5, 0.6) is 5.75 Å². The first kappa shape index (κ1) is 20.3. The largest absolute Gasteiger partial charge is 0.486 e. The number of imide groups is 1. The average Bonchev–Trinajstić information content (AvgIpc) is 3.03. The van der Waals surface area contributed by atoms with Gasteiger partial charge in [-0.05, 0) is 43.0 Å². The fourth-order valence-electron chi connectivity index (χ4n) is 2.66. The lowest BCUT2D eigenvalue weighted by Crippen LogP contribution is -2.25. The maximum absolute atomic E-state index is 12.5. The number of thioether (sulfide) groups is 1. The summed E-state index contributed by atoms with van der Waals surface area (Å²) in [7, 11) is 0. The van der Waals surface area contributed by atoms with Crippen molar-refractivity contribution in [1.29, 1.82) is 0 Å². The van der Waals surface area contributed by atoms with Crippen molar-refractivity contribution in [3.05, 3.63) is 82.3 Å². The van der Waals surface area contributed by atoms with Gasteiger partial charge in [-0.2, -0.15) is 0 Å². The van der Waals surface area contributed by atoms with E-state index < -0.39 is 0 Å². The minimum atomic E-state index is -0.375. The minimum absolute atomic E-state index is 0.0187. The molecule has 148 valence electrons. The SMILES string of the molecule is C=C1SC(=O)NC1=O.CCn1c(COc2ccccc2)nc2ccccc2c1=O. The van der Waals surface area contributed by atoms with E-state index in [0.29, 0.717) is 23.3 Å². The van der Waals surface area contributed by atoms with Crippen molar-refractivity contribution < 1.29 is 14.3 Å². The summed E-state index contributed by atoms with van der Waals surface area (Å²) in [6, 6.07) is 16.9. The van der Waals surface area contributed by atoms with Crippen molar-refractivity contribution in [2.24, 2.45) is 0 Å². The van der Waals surface area contributed by atoms with Gasteiger partial charge in [-0.15, -0.1) is 0 Å². The van der Waals surface area contributed by atoms with Gasteiger partial charge in [0.1, 0.15) is 18.2 Å². The lowest BCUT2D eigenvalue weighted by atomic mass is 10.2. The van der Waals surface area contributed by atoms with Crippen LogP contribution in [-0.4, -0.2) is 20.7 Å². The first-order valence-electron chi connectivity index (χ1n) is 8.88. The van der Waals surface area contributed by atoms with Gasteiger partial charge >= 0.3 is 0 Å². The van der Waals surface area contributed by atoms with Crippen LogP contribution in [0.4, 0.5) is 4.79 Å². The molecule has 0 radical (unpaired) electrons. The molecule has 1 N–H and O–H groups in total. The molecule has 1 fully saturated rings. The number of benzene rings is 2. The Labute approximate surface area is 171 Å². The summed E-state index contributed by atoms with van der Waals surface area (Å²) < 4.78 is 7.37. The van der Waals surface area contributed by atoms with Gasteiger partial charge in [0.05, 0.1) is 15.8 Å². The van der Waals surface area contributed by atoms with Gasteiger partial charge in [-0.3, -0.25) is 24.3 Å². The summed E-state index contributed by atoms with van der Waals surface area (Å²) in [5.41, 5.74) is 0.689. The summed E-state index contributed by atoms with van der Waals surface area (Å²) in [4.78, 5) is 37.9. The molecule has 0 atom stereocenters. The fraction of sp³-hybridized carbons (Fsp3) is 0.143. The Kier molecular flexibility index (Phi) is 6.46. The van der Waals surface area contributed by atoms with Crippen LogP contribution in [0.15, 0.2) is 70.9 Å². The molecular weight excluding hydrogens is 390 g/mol. The molecule has 1 aliphatic heterocycles. The van der Waals surface area contributed by atoms with Gasteiger partial charge < -0.3 is 4.74 Å². The number of aromatic nitrogens is 2. The third-order valence-corrected chi connectivity index (χ3v) is 4.77. The molecule has 2 aromatic carbocycles. The molecule has 3 aromatic rings. The normalized spacial score (nSPS) is 13.1. The number of nitrogens with one attached hydrogen (secondary N) is 1. The number of hydrogen-bond acceptors (Lipinski definition) is 6. The van der Waals surface area contributed by atoms with E-state index in [0.717, 1.165) is 17.5 Å². The molecule has 0 spiro atoms. The van der Waals surface area contributed by atoms with E-state index >= 15 is 0 Å². The van der Waals surface area contributed by atoms with E-state index in [1.54, 1.807) is 10.6 Å². The van der Waals surface area contributed by atoms with Crippen LogP contribution in [0.3, 0.4) is 0 Å². The van der Waals surface area contributed by atoms with Crippen LogP contribution in [0, 0.1) is 0 Å². The van der Waals surface area contributed by atoms with Crippen molar-refractivity contribution in [1.82, 2.24) is 14.9 Å². The van der Waals surface area contributed by atoms with Crippen LogP contribution in [0.2, 0.25) is 0 Å². The Bertz CT molecular complexity index is 1110. The number of amides is 2. The van der Waals surface area contributed by atoms with Crippen LogP contribution in [0.1, 0.15) is 12.7 Å². The number of rotatable bonds is 4. The van der Waals surface area contributed by atoms with Crippen LogP contribution in [0.25, 0.3) is 10.9 Å². The highest BCUT2D eigenvalue weighted by Crippen LogP contribution is 2.19. The molecule has 2 amide bonds. The van der Waals surface area contributed by atoms with Crippen LogP contribution < -0.4 is 15.6 Å². The number of fused-ring (bicyclic) bond motifs is 1. The second-order valence-electron chi connectivity index (χ2n) is 5.96. The smallest absolute Gasteiger partial charge is 0.290 e. The molecule has 1 aromatic heterocycles. The predicted molar refractivity (Wildman–Crippen MR) is 113 cm³/mol. The first-order valence-corrected chi connectivity index (χ1v) is 9.69. The van der Waals surface area contributed by atoms with E-state index in [4.69, 9.17) is 4.74 Å². The number of hydrogen-bond donors (Lipinski definition) is 1. The molecule has 0 aliphatic carbocycles. The number of para-hydroxylation sites is 2. The zero-order chi connectivity index (χ0) is 20.8. The van der Waals surface area contributed by atoms with Crippen molar-refractivity contribution in [2.75, 3.05) is 0 Å². The Morgan fingerprint density at radius 3 is 2.34 bits per heavy atom. The van der Waals surface area contributed by atoms with Crippen molar-refractivity contribution in [3.8, 4) is 5.75 Å². The standard InChI is InChI=1S/C17H16N2O2.C4H3NO2S/c1-2-19-16(12-21-13-8-4-3-5-9-13)18-15-11-7-6-10-14(15)17(19)20;1-2-3(6)5-4(7)8-2/h3-11H,2,12H2,1H3;1H2,(H,5,6,7). The topological polar surface area (TPSA) is 90.3 Å². The fourth-order valence-corrected chi connectivity index (χ4v) is 3.17. The highest BCUT2D eigenvalue weighted by molar-refractivity contribution is 8.18. The van der Waals surface area contributed by atoms with Crippen LogP contribution >= 0.6 is 11.8 Å². The highest BCUT2D eigenvalue weighted by atomic mass is 32.2. The van der Waals surface area contributed by atoms with Crippen molar-refractivity contribution >= 4 is 33.8 Å². The molecule has 0 saturated carbocycles. The molecule has 7 nitrogen and oxygen atoms in total. The number of carbonyl (C=O) groups is 2.